The number of carboxylic acids is 2. The van der Waals surface area contributed by atoms with Gasteiger partial charge in [0, 0.05) is 31.2 Å². The highest BCUT2D eigenvalue weighted by Crippen LogP contribution is 2.35. The quantitative estimate of drug-likeness (QED) is 0.570. The van der Waals surface area contributed by atoms with Crippen molar-refractivity contribution < 1.29 is 24.5 Å². The summed E-state index contributed by atoms with van der Waals surface area (Å²) >= 11 is 12.2. The number of hydrogen-bond acceptors (Lipinski definition) is 4. The van der Waals surface area contributed by atoms with E-state index < -0.39 is 11.9 Å². The molecule has 1 saturated heterocycles. The second kappa shape index (κ2) is 11.4. The van der Waals surface area contributed by atoms with Crippen molar-refractivity contribution >= 4 is 35.1 Å². The minimum absolute atomic E-state index is 0.519. The monoisotopic (exact) mass is 429 g/mol. The smallest absolute Gasteiger partial charge is 0.328 e. The van der Waals surface area contributed by atoms with Crippen molar-refractivity contribution in [2.24, 2.45) is 11.8 Å². The molecule has 1 aromatic rings. The zero-order chi connectivity index (χ0) is 20.5. The Morgan fingerprint density at radius 3 is 2.32 bits per heavy atom. The van der Waals surface area contributed by atoms with Crippen LogP contribution < -0.4 is 5.32 Å². The highest BCUT2D eigenvalue weighted by atomic mass is 35.5. The van der Waals surface area contributed by atoms with Crippen molar-refractivity contribution in [2.75, 3.05) is 26.3 Å². The third kappa shape index (κ3) is 8.19. The minimum Gasteiger partial charge on any atom is -0.478 e. The van der Waals surface area contributed by atoms with E-state index in [2.05, 4.69) is 11.4 Å². The number of benzene rings is 1. The molecule has 2 fully saturated rings. The molecule has 6 nitrogen and oxygen atoms in total. The van der Waals surface area contributed by atoms with E-state index in [4.69, 9.17) is 38.2 Å². The maximum absolute atomic E-state index is 9.55. The maximum atomic E-state index is 9.55. The summed E-state index contributed by atoms with van der Waals surface area (Å²) in [5.41, 5.74) is 1.29. The van der Waals surface area contributed by atoms with E-state index in [9.17, 15) is 9.59 Å². The van der Waals surface area contributed by atoms with Crippen LogP contribution in [0.2, 0.25) is 10.0 Å². The molecule has 3 rings (SSSR count). The molecule has 3 N–H and O–H groups in total. The average Bonchev–Trinajstić information content (AvgIpc) is 3.48. The molecule has 2 atom stereocenters. The lowest BCUT2D eigenvalue weighted by Crippen LogP contribution is -2.38. The zero-order valence-electron chi connectivity index (χ0n) is 15.4. The van der Waals surface area contributed by atoms with E-state index in [1.54, 1.807) is 0 Å². The van der Waals surface area contributed by atoms with E-state index in [1.807, 2.05) is 12.1 Å². The van der Waals surface area contributed by atoms with Gasteiger partial charge in [-0.3, -0.25) is 0 Å². The summed E-state index contributed by atoms with van der Waals surface area (Å²) in [5, 5.41) is 20.4. The van der Waals surface area contributed by atoms with Crippen LogP contribution in [0.3, 0.4) is 0 Å². The Labute approximate surface area is 174 Å². The minimum atomic E-state index is -1.26. The van der Waals surface area contributed by atoms with E-state index >= 15 is 0 Å². The summed E-state index contributed by atoms with van der Waals surface area (Å²) in [6.07, 6.45) is 4.94. The molecular formula is C20H25Cl2NO5. The van der Waals surface area contributed by atoms with Crippen LogP contribution in [0.5, 0.6) is 0 Å². The first-order valence-corrected chi connectivity index (χ1v) is 9.99. The van der Waals surface area contributed by atoms with Crippen molar-refractivity contribution in [3.63, 3.8) is 0 Å². The first-order valence-electron chi connectivity index (χ1n) is 9.24. The molecule has 0 spiro atoms. The van der Waals surface area contributed by atoms with Gasteiger partial charge in [-0.25, -0.2) is 9.59 Å². The summed E-state index contributed by atoms with van der Waals surface area (Å²) in [5.74, 6) is -0.639. The molecule has 8 heteroatoms. The number of hydrogen-bond donors (Lipinski definition) is 3. The number of halogens is 2. The summed E-state index contributed by atoms with van der Waals surface area (Å²) < 4.78 is 5.90. The molecule has 0 bridgehead atoms. The number of carboxylic acid groups (broad SMARTS) is 2. The fraction of sp³-hybridized carbons (Fsp3) is 0.500. The summed E-state index contributed by atoms with van der Waals surface area (Å²) in [6, 6.07) is 6.04. The molecule has 1 aliphatic heterocycles. The number of nitrogens with one attached hydrogen (secondary N) is 1. The molecule has 1 heterocycles. The Morgan fingerprint density at radius 2 is 1.75 bits per heavy atom. The first kappa shape index (κ1) is 22.7. The van der Waals surface area contributed by atoms with Crippen LogP contribution in [0.1, 0.15) is 30.7 Å². The molecular weight excluding hydrogens is 405 g/mol. The molecule has 0 amide bonds. The van der Waals surface area contributed by atoms with E-state index in [0.717, 1.165) is 38.6 Å². The van der Waals surface area contributed by atoms with Crippen molar-refractivity contribution in [3.05, 3.63) is 46.0 Å². The third-order valence-corrected chi connectivity index (χ3v) is 5.47. The van der Waals surface area contributed by atoms with Crippen molar-refractivity contribution in [1.29, 1.82) is 0 Å². The van der Waals surface area contributed by atoms with Gasteiger partial charge < -0.3 is 20.3 Å². The molecule has 0 unspecified atom stereocenters. The fourth-order valence-electron chi connectivity index (χ4n) is 3.09. The number of ether oxygens (including phenoxy) is 1. The summed E-state index contributed by atoms with van der Waals surface area (Å²) in [7, 11) is 0. The van der Waals surface area contributed by atoms with Gasteiger partial charge >= 0.3 is 11.9 Å². The van der Waals surface area contributed by atoms with Gasteiger partial charge in [0.25, 0.3) is 0 Å². The Hall–Kier alpha value is -1.60. The van der Waals surface area contributed by atoms with Gasteiger partial charge in [-0.05, 0) is 55.3 Å². The molecule has 2 aliphatic rings. The fourth-order valence-corrected chi connectivity index (χ4v) is 3.40. The van der Waals surface area contributed by atoms with Gasteiger partial charge in [0.15, 0.2) is 0 Å². The topological polar surface area (TPSA) is 95.9 Å². The van der Waals surface area contributed by atoms with Gasteiger partial charge in [0.05, 0.1) is 16.7 Å². The van der Waals surface area contributed by atoms with Crippen molar-refractivity contribution in [2.45, 2.75) is 25.2 Å². The Bertz CT molecular complexity index is 690. The first-order chi connectivity index (χ1) is 13.4. The summed E-state index contributed by atoms with van der Waals surface area (Å²) in [4.78, 5) is 19.1. The van der Waals surface area contributed by atoms with Crippen LogP contribution in [0.15, 0.2) is 30.4 Å². The Morgan fingerprint density at radius 1 is 1.07 bits per heavy atom. The van der Waals surface area contributed by atoms with Gasteiger partial charge in [-0.2, -0.15) is 0 Å². The van der Waals surface area contributed by atoms with Gasteiger partial charge in [-0.1, -0.05) is 29.3 Å². The maximum Gasteiger partial charge on any atom is 0.328 e. The second-order valence-electron chi connectivity index (χ2n) is 7.02. The predicted octanol–water partition coefficient (Wildman–Crippen LogP) is 3.82. The van der Waals surface area contributed by atoms with E-state index in [1.165, 1.54) is 18.4 Å². The highest BCUT2D eigenvalue weighted by molar-refractivity contribution is 6.42. The van der Waals surface area contributed by atoms with E-state index in [0.29, 0.717) is 34.0 Å². The van der Waals surface area contributed by atoms with Crippen LogP contribution >= 0.6 is 23.2 Å². The summed E-state index contributed by atoms with van der Waals surface area (Å²) in [6.45, 7) is 3.86. The normalized spacial score (nSPS) is 21.8. The Kier molecular flexibility index (Phi) is 9.25. The van der Waals surface area contributed by atoms with Crippen LogP contribution in [0, 0.1) is 11.8 Å². The number of piperidine rings is 1. The lowest BCUT2D eigenvalue weighted by atomic mass is 9.81. The molecule has 0 radical (unpaired) electrons. The molecule has 28 heavy (non-hydrogen) atoms. The third-order valence-electron chi connectivity index (χ3n) is 4.73. The van der Waals surface area contributed by atoms with Crippen LogP contribution in [-0.2, 0) is 14.3 Å². The van der Waals surface area contributed by atoms with Gasteiger partial charge in [-0.15, -0.1) is 0 Å². The lowest BCUT2D eigenvalue weighted by molar-refractivity contribution is -0.134. The molecule has 154 valence electrons. The van der Waals surface area contributed by atoms with E-state index in [-0.39, 0.29) is 0 Å². The van der Waals surface area contributed by atoms with Crippen LogP contribution in [-0.4, -0.2) is 48.5 Å². The number of rotatable bonds is 7. The molecule has 1 aromatic carbocycles. The zero-order valence-corrected chi connectivity index (χ0v) is 17.0. The van der Waals surface area contributed by atoms with Crippen LogP contribution in [0.25, 0.3) is 0 Å². The SMILES string of the molecule is Clc1ccc([C@H]2CCNC[C@H]2COCC2CC2)cc1Cl.O=C(O)/C=C/C(=O)O. The molecule has 0 aromatic heterocycles. The van der Waals surface area contributed by atoms with Crippen LogP contribution in [0.4, 0.5) is 0 Å². The highest BCUT2D eigenvalue weighted by Gasteiger charge is 2.28. The largest absolute Gasteiger partial charge is 0.478 e. The second-order valence-corrected chi connectivity index (χ2v) is 7.84. The average molecular weight is 430 g/mol. The van der Waals surface area contributed by atoms with Gasteiger partial charge in [0.2, 0.25) is 0 Å². The molecule has 1 aliphatic carbocycles. The van der Waals surface area contributed by atoms with Crippen molar-refractivity contribution in [1.82, 2.24) is 5.32 Å². The lowest BCUT2D eigenvalue weighted by Gasteiger charge is -2.32. The molecule has 1 saturated carbocycles. The number of aliphatic carboxylic acids is 2. The standard InChI is InChI=1S/C16H21Cl2NO.C4H4O4/c17-15-4-3-12(7-16(15)18)14-5-6-19-8-13(14)10-20-9-11-1-2-11;5-3(6)1-2-4(7)8/h3-4,7,11,13-14,19H,1-2,5-6,8-10H2;1-2H,(H,5,6)(H,7,8)/b;2-1+/t13-,14+;/m0./s1. The van der Waals surface area contributed by atoms with Crippen molar-refractivity contribution in [3.8, 4) is 0 Å². The Balaban J connectivity index is 0.000000300. The number of carbonyl (C=O) groups is 2. The van der Waals surface area contributed by atoms with Gasteiger partial charge in [0.1, 0.15) is 0 Å². The predicted molar refractivity (Wildman–Crippen MR) is 108 cm³/mol.